The first-order chi connectivity index (χ1) is 16.5. The Labute approximate surface area is 206 Å². The van der Waals surface area contributed by atoms with E-state index in [1.54, 1.807) is 36.8 Å². The number of dihydropyridines is 1. The van der Waals surface area contributed by atoms with Crippen LogP contribution in [0.4, 0.5) is 17.6 Å². The summed E-state index contributed by atoms with van der Waals surface area (Å²) in [6, 6.07) is 3.07. The van der Waals surface area contributed by atoms with Gasteiger partial charge < -0.3 is 9.30 Å². The SMILES string of the molecule is C=C/C(=C\C=C1/CC(Cl)=C(CCC(F)(F)F)C(OC)=N1)C(C)(c1ccnc(F)c1)c1cncn1C. The van der Waals surface area contributed by atoms with Crippen molar-refractivity contribution in [1.29, 1.82) is 0 Å². The second-order valence-corrected chi connectivity index (χ2v) is 8.62. The second kappa shape index (κ2) is 10.6. The van der Waals surface area contributed by atoms with Crippen molar-refractivity contribution >= 4 is 17.5 Å². The molecule has 0 saturated heterocycles. The van der Waals surface area contributed by atoms with Gasteiger partial charge in [0.15, 0.2) is 0 Å². The first-order valence-electron chi connectivity index (χ1n) is 10.7. The topological polar surface area (TPSA) is 52.3 Å². The molecule has 0 spiro atoms. The van der Waals surface area contributed by atoms with E-state index in [4.69, 9.17) is 16.3 Å². The molecule has 1 unspecified atom stereocenters. The lowest BCUT2D eigenvalue weighted by Gasteiger charge is -2.32. The van der Waals surface area contributed by atoms with Gasteiger partial charge in [-0.3, -0.25) is 0 Å². The first-order valence-corrected chi connectivity index (χ1v) is 11.1. The average Bonchev–Trinajstić information content (AvgIpc) is 3.23. The molecule has 35 heavy (non-hydrogen) atoms. The van der Waals surface area contributed by atoms with Gasteiger partial charge in [0, 0.05) is 48.6 Å². The number of pyridine rings is 1. The smallest absolute Gasteiger partial charge is 0.389 e. The molecule has 186 valence electrons. The number of alkyl halides is 3. The van der Waals surface area contributed by atoms with Crippen molar-refractivity contribution < 1.29 is 22.3 Å². The number of nitrogens with zero attached hydrogens (tertiary/aromatic N) is 4. The zero-order valence-corrected chi connectivity index (χ0v) is 20.3. The summed E-state index contributed by atoms with van der Waals surface area (Å²) < 4.78 is 59.2. The summed E-state index contributed by atoms with van der Waals surface area (Å²) in [6.45, 7) is 5.86. The van der Waals surface area contributed by atoms with E-state index in [0.29, 0.717) is 16.8 Å². The van der Waals surface area contributed by atoms with Crippen molar-refractivity contribution in [2.45, 2.75) is 37.8 Å². The molecule has 1 aliphatic rings. The molecule has 0 radical (unpaired) electrons. The minimum Gasteiger partial charge on any atom is -0.481 e. The Morgan fingerprint density at radius 1 is 1.34 bits per heavy atom. The number of ether oxygens (including phenoxy) is 1. The summed E-state index contributed by atoms with van der Waals surface area (Å²) in [6.07, 6.45) is 4.35. The number of rotatable bonds is 7. The highest BCUT2D eigenvalue weighted by molar-refractivity contribution is 6.32. The predicted octanol–water partition coefficient (Wildman–Crippen LogP) is 6.54. The van der Waals surface area contributed by atoms with Gasteiger partial charge in [-0.2, -0.15) is 17.6 Å². The van der Waals surface area contributed by atoms with E-state index in [1.165, 1.54) is 19.4 Å². The monoisotopic (exact) mass is 508 g/mol. The number of halogens is 5. The molecule has 1 aliphatic heterocycles. The van der Waals surface area contributed by atoms with Crippen LogP contribution in [0.5, 0.6) is 0 Å². The van der Waals surface area contributed by atoms with Gasteiger partial charge in [-0.1, -0.05) is 30.3 Å². The van der Waals surface area contributed by atoms with Gasteiger partial charge in [0.25, 0.3) is 0 Å². The molecule has 0 N–H and O–H groups in total. The summed E-state index contributed by atoms with van der Waals surface area (Å²) in [7, 11) is 3.17. The molecular weight excluding hydrogens is 484 g/mol. The normalized spacial score (nSPS) is 17.9. The number of aromatic nitrogens is 3. The molecular formula is C25H25ClF4N4O. The molecule has 0 saturated carbocycles. The molecule has 0 bridgehead atoms. The van der Waals surface area contributed by atoms with E-state index in [0.717, 1.165) is 5.69 Å². The van der Waals surface area contributed by atoms with Crippen LogP contribution in [0.3, 0.4) is 0 Å². The fourth-order valence-corrected chi connectivity index (χ4v) is 4.35. The van der Waals surface area contributed by atoms with Gasteiger partial charge in [0.05, 0.1) is 24.5 Å². The Morgan fingerprint density at radius 2 is 2.09 bits per heavy atom. The molecule has 5 nitrogen and oxygen atoms in total. The second-order valence-electron chi connectivity index (χ2n) is 8.16. The number of imidazole rings is 1. The van der Waals surface area contributed by atoms with Crippen LogP contribution in [-0.4, -0.2) is 33.7 Å². The van der Waals surface area contributed by atoms with E-state index in [9.17, 15) is 17.6 Å². The lowest BCUT2D eigenvalue weighted by Crippen LogP contribution is -2.28. The molecule has 2 aromatic rings. The van der Waals surface area contributed by atoms with E-state index in [1.807, 2.05) is 18.5 Å². The van der Waals surface area contributed by atoms with Crippen LogP contribution in [-0.2, 0) is 17.2 Å². The van der Waals surface area contributed by atoms with E-state index in [2.05, 4.69) is 21.5 Å². The third-order valence-electron chi connectivity index (χ3n) is 5.90. The molecule has 10 heteroatoms. The van der Waals surface area contributed by atoms with Gasteiger partial charge in [0.2, 0.25) is 11.8 Å². The maximum absolute atomic E-state index is 14.1. The number of hydrogen-bond donors (Lipinski definition) is 0. The number of aliphatic imine (C=N–C) groups is 1. The third kappa shape index (κ3) is 5.90. The minimum atomic E-state index is -4.32. The fourth-order valence-electron chi connectivity index (χ4n) is 4.03. The number of hydrogen-bond acceptors (Lipinski definition) is 4. The van der Waals surface area contributed by atoms with Crippen molar-refractivity contribution in [2.75, 3.05) is 7.11 Å². The molecule has 0 amide bonds. The van der Waals surface area contributed by atoms with Gasteiger partial charge in [-0.05, 0) is 42.7 Å². The standard InChI is InChI=1S/C25H25ClF4N4O/c1-5-16(24(2,21-14-31-15-34(21)3)17-9-11-32-22(27)12-17)6-7-18-13-20(26)19(23(33-18)35-4)8-10-25(28,29)30/h5-7,9,11-12,14-15H,1,8,10,13H2,2-4H3/b16-6+,18-7+. The molecule has 0 aromatic carbocycles. The highest BCUT2D eigenvalue weighted by atomic mass is 35.5. The summed E-state index contributed by atoms with van der Waals surface area (Å²) in [4.78, 5) is 12.2. The van der Waals surface area contributed by atoms with Crippen molar-refractivity contribution in [3.05, 3.63) is 94.7 Å². The zero-order chi connectivity index (χ0) is 25.8. The summed E-state index contributed by atoms with van der Waals surface area (Å²) in [5.41, 5.74) is 2.00. The van der Waals surface area contributed by atoms with Crippen LogP contribution < -0.4 is 0 Å². The third-order valence-corrected chi connectivity index (χ3v) is 6.27. The first kappa shape index (κ1) is 26.4. The van der Waals surface area contributed by atoms with Crippen LogP contribution >= 0.6 is 11.6 Å². The van der Waals surface area contributed by atoms with E-state index < -0.39 is 24.0 Å². The highest BCUT2D eigenvalue weighted by Crippen LogP contribution is 2.40. The molecule has 3 rings (SSSR count). The molecule has 0 aliphatic carbocycles. The van der Waals surface area contributed by atoms with Gasteiger partial charge in [-0.15, -0.1) is 0 Å². The largest absolute Gasteiger partial charge is 0.481 e. The zero-order valence-electron chi connectivity index (χ0n) is 19.5. The molecule has 3 heterocycles. The lowest BCUT2D eigenvalue weighted by molar-refractivity contribution is -0.133. The summed E-state index contributed by atoms with van der Waals surface area (Å²) in [5, 5.41) is 0.242. The molecule has 0 fully saturated rings. The molecule has 2 aromatic heterocycles. The average molecular weight is 509 g/mol. The van der Waals surface area contributed by atoms with E-state index in [-0.39, 0.29) is 29.3 Å². The van der Waals surface area contributed by atoms with Crippen molar-refractivity contribution in [3.8, 4) is 0 Å². The Balaban J connectivity index is 2.04. The minimum absolute atomic E-state index is 0.0518. The quantitative estimate of drug-likeness (QED) is 0.242. The van der Waals surface area contributed by atoms with Crippen molar-refractivity contribution in [2.24, 2.45) is 12.0 Å². The predicted molar refractivity (Wildman–Crippen MR) is 127 cm³/mol. The van der Waals surface area contributed by atoms with Crippen molar-refractivity contribution in [1.82, 2.24) is 14.5 Å². The number of allylic oxidation sites excluding steroid dienone is 5. The fraction of sp³-hybridized carbons (Fsp3) is 0.320. The number of methoxy groups -OCH3 is 1. The van der Waals surface area contributed by atoms with Crippen LogP contribution in [0, 0.1) is 5.95 Å². The van der Waals surface area contributed by atoms with Crippen LogP contribution in [0.25, 0.3) is 0 Å². The van der Waals surface area contributed by atoms with E-state index >= 15 is 0 Å². The summed E-state index contributed by atoms with van der Waals surface area (Å²) in [5.74, 6) is -0.571. The Bertz CT molecular complexity index is 1230. The number of aryl methyl sites for hydroxylation is 1. The Kier molecular flexibility index (Phi) is 8.00. The maximum atomic E-state index is 14.1. The lowest BCUT2D eigenvalue weighted by atomic mass is 9.73. The molecule has 1 atom stereocenters. The van der Waals surface area contributed by atoms with Gasteiger partial charge in [-0.25, -0.2) is 15.0 Å². The van der Waals surface area contributed by atoms with Crippen LogP contribution in [0.15, 0.2) is 82.5 Å². The Hall–Kier alpha value is -3.20. The van der Waals surface area contributed by atoms with Gasteiger partial charge >= 0.3 is 6.18 Å². The van der Waals surface area contributed by atoms with Crippen LogP contribution in [0.1, 0.15) is 37.4 Å². The Morgan fingerprint density at radius 3 is 2.66 bits per heavy atom. The van der Waals surface area contributed by atoms with Crippen LogP contribution in [0.2, 0.25) is 0 Å². The van der Waals surface area contributed by atoms with Crippen molar-refractivity contribution in [3.63, 3.8) is 0 Å². The highest BCUT2D eigenvalue weighted by Gasteiger charge is 2.35. The maximum Gasteiger partial charge on any atom is 0.389 e. The van der Waals surface area contributed by atoms with Gasteiger partial charge in [0.1, 0.15) is 0 Å². The summed E-state index contributed by atoms with van der Waals surface area (Å²) >= 11 is 6.34.